The molecule has 2 saturated heterocycles. The fourth-order valence-corrected chi connectivity index (χ4v) is 5.95. The normalized spacial score (nSPS) is 20.4. The summed E-state index contributed by atoms with van der Waals surface area (Å²) >= 11 is 12.7. The molecule has 202 valence electrons. The van der Waals surface area contributed by atoms with E-state index in [0.29, 0.717) is 39.3 Å². The molecule has 2 aliphatic heterocycles. The number of piperidine rings is 1. The predicted octanol–water partition coefficient (Wildman–Crippen LogP) is 6.00. The maximum Gasteiger partial charge on any atom is 0.223 e. The average molecular weight is 557 g/mol. The number of nitrogens with zero attached hydrogens (tertiary/aromatic N) is 3. The zero-order chi connectivity index (χ0) is 26.5. The second-order valence-electron chi connectivity index (χ2n) is 10.5. The topological polar surface area (TPSA) is 46.9 Å². The lowest BCUT2D eigenvalue weighted by Gasteiger charge is -2.43. The van der Waals surface area contributed by atoms with Crippen LogP contribution < -0.4 is 4.74 Å². The lowest BCUT2D eigenvalue weighted by Crippen LogP contribution is -2.50. The highest BCUT2D eigenvalue weighted by Crippen LogP contribution is 2.36. The summed E-state index contributed by atoms with van der Waals surface area (Å²) < 4.78 is 14.0. The summed E-state index contributed by atoms with van der Waals surface area (Å²) in [5, 5.41) is 1.45. The highest BCUT2D eigenvalue weighted by Gasteiger charge is 2.40. The SMILES string of the molecule is Cc1cc(OC[C@@]2(CC(=O)N3CCOCC3)CCCN(Cc3cccn3-c3ccccc3Cl)C2)ccc1Cl. The second-order valence-corrected chi connectivity index (χ2v) is 11.3. The fraction of sp³-hybridized carbons (Fsp3) is 0.433. The van der Waals surface area contributed by atoms with Crippen molar-refractivity contribution in [1.29, 1.82) is 0 Å². The molecule has 1 aromatic heterocycles. The van der Waals surface area contributed by atoms with E-state index >= 15 is 0 Å². The number of aromatic nitrogens is 1. The molecule has 1 amide bonds. The number of likely N-dealkylation sites (tertiary alicyclic amines) is 1. The molecule has 0 bridgehead atoms. The molecule has 1 atom stereocenters. The molecule has 6 nitrogen and oxygen atoms in total. The fourth-order valence-electron chi connectivity index (χ4n) is 5.60. The Balaban J connectivity index is 1.35. The third-order valence-electron chi connectivity index (χ3n) is 7.64. The zero-order valence-electron chi connectivity index (χ0n) is 21.9. The van der Waals surface area contributed by atoms with Crippen LogP contribution in [0.1, 0.15) is 30.5 Å². The van der Waals surface area contributed by atoms with Crippen LogP contribution in [-0.2, 0) is 16.1 Å². The van der Waals surface area contributed by atoms with E-state index in [0.717, 1.165) is 59.5 Å². The van der Waals surface area contributed by atoms with E-state index in [1.54, 1.807) is 0 Å². The van der Waals surface area contributed by atoms with E-state index < -0.39 is 0 Å². The number of aryl methyl sites for hydroxylation is 1. The lowest BCUT2D eigenvalue weighted by molar-refractivity contribution is -0.139. The van der Waals surface area contributed by atoms with Crippen LogP contribution in [0.3, 0.4) is 0 Å². The first kappa shape index (κ1) is 27.1. The van der Waals surface area contributed by atoms with Gasteiger partial charge in [-0.05, 0) is 74.3 Å². The minimum Gasteiger partial charge on any atom is -0.493 e. The third-order valence-corrected chi connectivity index (χ3v) is 8.38. The second kappa shape index (κ2) is 12.1. The van der Waals surface area contributed by atoms with Crippen molar-refractivity contribution in [1.82, 2.24) is 14.4 Å². The zero-order valence-corrected chi connectivity index (χ0v) is 23.4. The molecule has 2 fully saturated rings. The van der Waals surface area contributed by atoms with E-state index in [1.165, 1.54) is 5.69 Å². The molecule has 2 aromatic carbocycles. The van der Waals surface area contributed by atoms with Crippen LogP contribution in [0.5, 0.6) is 5.75 Å². The summed E-state index contributed by atoms with van der Waals surface area (Å²) in [4.78, 5) is 17.8. The Morgan fingerprint density at radius 2 is 1.84 bits per heavy atom. The number of hydrogen-bond donors (Lipinski definition) is 0. The summed E-state index contributed by atoms with van der Waals surface area (Å²) in [5.41, 5.74) is 2.83. The van der Waals surface area contributed by atoms with Gasteiger partial charge in [0, 0.05) is 54.9 Å². The molecule has 0 radical (unpaired) electrons. The Bertz CT molecular complexity index is 1260. The van der Waals surface area contributed by atoms with Gasteiger partial charge in [-0.2, -0.15) is 0 Å². The Morgan fingerprint density at radius 1 is 1.03 bits per heavy atom. The number of morpholine rings is 1. The average Bonchev–Trinajstić information content (AvgIpc) is 3.38. The van der Waals surface area contributed by atoms with Crippen LogP contribution in [0, 0.1) is 12.3 Å². The number of halogens is 2. The molecular formula is C30H35Cl2N3O3. The Kier molecular flexibility index (Phi) is 8.64. The number of hydrogen-bond acceptors (Lipinski definition) is 4. The van der Waals surface area contributed by atoms with Crippen molar-refractivity contribution >= 4 is 29.1 Å². The van der Waals surface area contributed by atoms with Crippen LogP contribution >= 0.6 is 23.2 Å². The van der Waals surface area contributed by atoms with Gasteiger partial charge in [-0.25, -0.2) is 0 Å². The van der Waals surface area contributed by atoms with Crippen LogP contribution in [0.15, 0.2) is 60.8 Å². The minimum absolute atomic E-state index is 0.186. The Labute approximate surface area is 235 Å². The molecule has 5 rings (SSSR count). The summed E-state index contributed by atoms with van der Waals surface area (Å²) in [6.45, 7) is 7.49. The molecule has 0 aliphatic carbocycles. The first-order valence-electron chi connectivity index (χ1n) is 13.3. The number of benzene rings is 2. The maximum atomic E-state index is 13.4. The van der Waals surface area contributed by atoms with Gasteiger partial charge in [-0.1, -0.05) is 35.3 Å². The van der Waals surface area contributed by atoms with Gasteiger partial charge in [0.05, 0.1) is 30.5 Å². The van der Waals surface area contributed by atoms with Gasteiger partial charge >= 0.3 is 0 Å². The van der Waals surface area contributed by atoms with Crippen molar-refractivity contribution in [3.05, 3.63) is 82.1 Å². The molecule has 8 heteroatoms. The molecule has 3 aromatic rings. The third kappa shape index (κ3) is 6.37. The lowest BCUT2D eigenvalue weighted by atomic mass is 9.77. The largest absolute Gasteiger partial charge is 0.493 e. The van der Waals surface area contributed by atoms with Gasteiger partial charge in [0.25, 0.3) is 0 Å². The molecule has 0 unspecified atom stereocenters. The predicted molar refractivity (Wildman–Crippen MR) is 151 cm³/mol. The van der Waals surface area contributed by atoms with Crippen LogP contribution in [0.4, 0.5) is 0 Å². The van der Waals surface area contributed by atoms with Crippen molar-refractivity contribution in [2.75, 3.05) is 46.0 Å². The van der Waals surface area contributed by atoms with Crippen molar-refractivity contribution in [3.8, 4) is 11.4 Å². The monoisotopic (exact) mass is 555 g/mol. The highest BCUT2D eigenvalue weighted by molar-refractivity contribution is 6.32. The molecule has 0 N–H and O–H groups in total. The number of rotatable bonds is 8. The highest BCUT2D eigenvalue weighted by atomic mass is 35.5. The van der Waals surface area contributed by atoms with Crippen molar-refractivity contribution < 1.29 is 14.3 Å². The maximum absolute atomic E-state index is 13.4. The van der Waals surface area contributed by atoms with Crippen molar-refractivity contribution in [2.45, 2.75) is 32.7 Å². The molecule has 2 aliphatic rings. The summed E-state index contributed by atoms with van der Waals surface area (Å²) in [6.07, 6.45) is 4.47. The minimum atomic E-state index is -0.289. The molecule has 38 heavy (non-hydrogen) atoms. The number of amides is 1. The Hall–Kier alpha value is -2.51. The van der Waals surface area contributed by atoms with Gasteiger partial charge in [0.1, 0.15) is 5.75 Å². The van der Waals surface area contributed by atoms with Crippen molar-refractivity contribution in [3.63, 3.8) is 0 Å². The Morgan fingerprint density at radius 3 is 2.63 bits per heavy atom. The first-order chi connectivity index (χ1) is 18.4. The molecular weight excluding hydrogens is 521 g/mol. The van der Waals surface area contributed by atoms with Crippen LogP contribution in [0.2, 0.25) is 10.0 Å². The summed E-state index contributed by atoms with van der Waals surface area (Å²) in [7, 11) is 0. The number of para-hydroxylation sites is 1. The summed E-state index contributed by atoms with van der Waals surface area (Å²) in [5.74, 6) is 0.972. The van der Waals surface area contributed by atoms with E-state index in [1.807, 2.05) is 54.3 Å². The molecule has 0 spiro atoms. The van der Waals surface area contributed by atoms with Crippen molar-refractivity contribution in [2.24, 2.45) is 5.41 Å². The van der Waals surface area contributed by atoms with E-state index in [4.69, 9.17) is 32.7 Å². The van der Waals surface area contributed by atoms with Gasteiger partial charge in [-0.15, -0.1) is 0 Å². The van der Waals surface area contributed by atoms with Gasteiger partial charge in [-0.3, -0.25) is 9.69 Å². The number of ether oxygens (including phenoxy) is 2. The van der Waals surface area contributed by atoms with Crippen LogP contribution in [-0.4, -0.2) is 66.3 Å². The van der Waals surface area contributed by atoms with E-state index in [9.17, 15) is 4.79 Å². The van der Waals surface area contributed by atoms with Crippen LogP contribution in [0.25, 0.3) is 5.69 Å². The molecule has 3 heterocycles. The summed E-state index contributed by atoms with van der Waals surface area (Å²) in [6, 6.07) is 17.9. The van der Waals surface area contributed by atoms with E-state index in [2.05, 4.69) is 27.8 Å². The van der Waals surface area contributed by atoms with E-state index in [-0.39, 0.29) is 11.3 Å². The van der Waals surface area contributed by atoms with Gasteiger partial charge in [0.15, 0.2) is 0 Å². The molecule has 0 saturated carbocycles. The number of carbonyl (C=O) groups is 1. The quantitative estimate of drug-likeness (QED) is 0.342. The first-order valence-corrected chi connectivity index (χ1v) is 14.1. The smallest absolute Gasteiger partial charge is 0.223 e. The standard InChI is InChI=1S/C30H35Cl2N3O3/c1-23-18-25(9-10-26(23)31)38-22-30(19-29(36)34-14-16-37-17-15-34)11-5-12-33(21-30)20-24-6-4-13-35(24)28-8-3-2-7-27(28)32/h2-4,6-10,13,18H,5,11-12,14-17,19-22H2,1H3/t30-/m1/s1. The van der Waals surface area contributed by atoms with Gasteiger partial charge < -0.3 is 18.9 Å². The number of carbonyl (C=O) groups excluding carboxylic acids is 1. The van der Waals surface area contributed by atoms with Gasteiger partial charge in [0.2, 0.25) is 5.91 Å².